The number of fused-ring (bicyclic) bond motifs is 3. The van der Waals surface area contributed by atoms with Crippen molar-refractivity contribution in [3.8, 4) is 0 Å². The fourth-order valence-electron chi connectivity index (χ4n) is 3.42. The van der Waals surface area contributed by atoms with Crippen molar-refractivity contribution in [2.75, 3.05) is 0 Å². The molecule has 0 fully saturated rings. The van der Waals surface area contributed by atoms with Gasteiger partial charge in [-0.15, -0.1) is 0 Å². The van der Waals surface area contributed by atoms with E-state index >= 15 is 0 Å². The van der Waals surface area contributed by atoms with Gasteiger partial charge in [-0.2, -0.15) is 0 Å². The van der Waals surface area contributed by atoms with Crippen molar-refractivity contribution in [1.82, 2.24) is 10.3 Å². The van der Waals surface area contributed by atoms with Gasteiger partial charge < -0.3 is 10.3 Å². The Morgan fingerprint density at radius 3 is 2.83 bits per heavy atom. The molecule has 24 heavy (non-hydrogen) atoms. The molecule has 2 N–H and O–H groups in total. The Kier molecular flexibility index (Phi) is 3.56. The van der Waals surface area contributed by atoms with E-state index in [1.807, 2.05) is 0 Å². The molecule has 0 spiro atoms. The molecule has 1 amide bonds. The molecule has 0 bridgehead atoms. The highest BCUT2D eigenvalue weighted by Crippen LogP contribution is 2.29. The maximum atomic E-state index is 13.7. The molecule has 1 atom stereocenters. The second-order valence-electron chi connectivity index (χ2n) is 6.17. The molecular weight excluding hydrogens is 310 g/mol. The number of carbonyl (C=O) groups excluding carboxylic acids is 1. The van der Waals surface area contributed by atoms with Crippen LogP contribution in [-0.2, 0) is 12.8 Å². The third-order valence-electron chi connectivity index (χ3n) is 4.60. The molecule has 0 saturated carbocycles. The minimum Gasteiger partial charge on any atom is -0.358 e. The maximum Gasteiger partial charge on any atom is 0.254 e. The van der Waals surface area contributed by atoms with Crippen LogP contribution in [0.3, 0.4) is 0 Å². The molecule has 122 valence electrons. The highest BCUT2D eigenvalue weighted by Gasteiger charge is 2.24. The van der Waals surface area contributed by atoms with E-state index < -0.39 is 11.7 Å². The van der Waals surface area contributed by atoms with Crippen LogP contribution in [0, 0.1) is 11.6 Å². The average Bonchev–Trinajstić information content (AvgIpc) is 2.92. The van der Waals surface area contributed by atoms with Gasteiger partial charge in [-0.05, 0) is 55.2 Å². The van der Waals surface area contributed by atoms with Gasteiger partial charge in [-0.3, -0.25) is 4.79 Å². The number of amides is 1. The number of benzene rings is 2. The lowest BCUT2D eigenvalue weighted by molar-refractivity contribution is 0.0929. The lowest BCUT2D eigenvalue weighted by atomic mass is 9.91. The molecule has 2 aromatic carbocycles. The van der Waals surface area contributed by atoms with Crippen molar-refractivity contribution in [3.63, 3.8) is 0 Å². The van der Waals surface area contributed by atoms with Crippen LogP contribution in [0.25, 0.3) is 10.9 Å². The van der Waals surface area contributed by atoms with Crippen LogP contribution in [-0.4, -0.2) is 16.9 Å². The number of nitrogens with one attached hydrogen (secondary N) is 2. The number of rotatable bonds is 2. The van der Waals surface area contributed by atoms with Crippen LogP contribution < -0.4 is 5.32 Å². The molecule has 0 saturated heterocycles. The zero-order chi connectivity index (χ0) is 16.7. The molecule has 3 aromatic rings. The Morgan fingerprint density at radius 2 is 2.00 bits per heavy atom. The third kappa shape index (κ3) is 2.56. The van der Waals surface area contributed by atoms with Crippen molar-refractivity contribution in [2.45, 2.75) is 25.3 Å². The normalized spacial score (nSPS) is 16.8. The van der Waals surface area contributed by atoms with Crippen LogP contribution >= 0.6 is 0 Å². The van der Waals surface area contributed by atoms with E-state index in [-0.39, 0.29) is 17.4 Å². The van der Waals surface area contributed by atoms with Gasteiger partial charge in [0.2, 0.25) is 0 Å². The first-order valence-electron chi connectivity index (χ1n) is 7.96. The third-order valence-corrected chi connectivity index (χ3v) is 4.60. The van der Waals surface area contributed by atoms with Gasteiger partial charge >= 0.3 is 0 Å². The number of aryl methyl sites for hydroxylation is 1. The summed E-state index contributed by atoms with van der Waals surface area (Å²) in [5.74, 6) is -1.21. The van der Waals surface area contributed by atoms with Crippen molar-refractivity contribution >= 4 is 16.8 Å². The summed E-state index contributed by atoms with van der Waals surface area (Å²) in [5.41, 5.74) is 3.08. The number of carbonyl (C=O) groups is 1. The molecule has 1 heterocycles. The van der Waals surface area contributed by atoms with Crippen LogP contribution in [0.1, 0.15) is 28.0 Å². The second kappa shape index (κ2) is 5.74. The van der Waals surface area contributed by atoms with Gasteiger partial charge in [-0.25, -0.2) is 8.78 Å². The number of halogens is 2. The monoisotopic (exact) mass is 326 g/mol. The Morgan fingerprint density at radius 1 is 1.17 bits per heavy atom. The quantitative estimate of drug-likeness (QED) is 0.740. The van der Waals surface area contributed by atoms with Crippen LogP contribution in [0.2, 0.25) is 0 Å². The molecule has 1 aromatic heterocycles. The van der Waals surface area contributed by atoms with E-state index in [1.54, 1.807) is 18.2 Å². The van der Waals surface area contributed by atoms with Crippen molar-refractivity contribution in [1.29, 1.82) is 0 Å². The molecule has 3 nitrogen and oxygen atoms in total. The van der Waals surface area contributed by atoms with E-state index in [0.29, 0.717) is 6.42 Å². The fourth-order valence-corrected chi connectivity index (χ4v) is 3.42. The number of H-pyrrole nitrogens is 1. The van der Waals surface area contributed by atoms with Crippen LogP contribution in [0.5, 0.6) is 0 Å². The van der Waals surface area contributed by atoms with Gasteiger partial charge in [0, 0.05) is 22.6 Å². The van der Waals surface area contributed by atoms with Crippen molar-refractivity contribution in [2.24, 2.45) is 0 Å². The van der Waals surface area contributed by atoms with Crippen LogP contribution in [0.4, 0.5) is 8.78 Å². The molecule has 0 radical (unpaired) electrons. The highest BCUT2D eigenvalue weighted by atomic mass is 19.1. The molecule has 1 aliphatic rings. The van der Waals surface area contributed by atoms with Gasteiger partial charge in [0.25, 0.3) is 5.91 Å². The maximum absolute atomic E-state index is 13.7. The molecule has 0 aliphatic heterocycles. The van der Waals surface area contributed by atoms with Gasteiger partial charge in [0.1, 0.15) is 11.6 Å². The topological polar surface area (TPSA) is 44.9 Å². The van der Waals surface area contributed by atoms with Gasteiger partial charge in [0.15, 0.2) is 0 Å². The highest BCUT2D eigenvalue weighted by molar-refractivity contribution is 5.94. The summed E-state index contributed by atoms with van der Waals surface area (Å²) in [5, 5.41) is 3.76. The van der Waals surface area contributed by atoms with Gasteiger partial charge in [0.05, 0.1) is 5.56 Å². The molecule has 4 rings (SSSR count). The first-order chi connectivity index (χ1) is 11.6. The van der Waals surface area contributed by atoms with E-state index in [4.69, 9.17) is 0 Å². The minimum atomic E-state index is -0.527. The Hall–Kier alpha value is -2.69. The first kappa shape index (κ1) is 14.9. The Balaban J connectivity index is 1.58. The SMILES string of the molecule is O=C(NC1CCc2[nH]c3ccc(F)cc3c2C1)c1ccccc1F. The minimum absolute atomic E-state index is 0.0493. The predicted octanol–water partition coefficient (Wildman–Crippen LogP) is 3.73. The van der Waals surface area contributed by atoms with E-state index in [1.165, 1.54) is 24.3 Å². The molecule has 5 heteroatoms. The van der Waals surface area contributed by atoms with Crippen LogP contribution in [0.15, 0.2) is 42.5 Å². The lowest BCUT2D eigenvalue weighted by Crippen LogP contribution is -2.39. The zero-order valence-electron chi connectivity index (χ0n) is 12.9. The summed E-state index contributed by atoms with van der Waals surface area (Å²) in [4.78, 5) is 15.6. The number of hydrogen-bond donors (Lipinski definition) is 2. The largest absolute Gasteiger partial charge is 0.358 e. The van der Waals surface area contributed by atoms with E-state index in [2.05, 4.69) is 10.3 Å². The summed E-state index contributed by atoms with van der Waals surface area (Å²) in [6.07, 6.45) is 2.15. The van der Waals surface area contributed by atoms with E-state index in [0.717, 1.165) is 35.0 Å². The molecule has 1 aliphatic carbocycles. The summed E-state index contributed by atoms with van der Waals surface area (Å²) in [7, 11) is 0. The Labute approximate surface area is 137 Å². The summed E-state index contributed by atoms with van der Waals surface area (Å²) < 4.78 is 27.3. The second-order valence-corrected chi connectivity index (χ2v) is 6.17. The number of hydrogen-bond acceptors (Lipinski definition) is 1. The summed E-state index contributed by atoms with van der Waals surface area (Å²) >= 11 is 0. The smallest absolute Gasteiger partial charge is 0.254 e. The van der Waals surface area contributed by atoms with Crippen molar-refractivity contribution in [3.05, 3.63) is 70.9 Å². The molecular formula is C19H16F2N2O. The number of aromatic nitrogens is 1. The zero-order valence-corrected chi connectivity index (χ0v) is 12.9. The standard InChI is InChI=1S/C19H16F2N2O/c20-11-5-7-17-14(9-11)15-10-12(6-8-18(15)23-17)22-19(24)13-3-1-2-4-16(13)21/h1-5,7,9,12,23H,6,8,10H2,(H,22,24). The van der Waals surface area contributed by atoms with Crippen molar-refractivity contribution < 1.29 is 13.6 Å². The number of aromatic amines is 1. The fraction of sp³-hybridized carbons (Fsp3) is 0.211. The van der Waals surface area contributed by atoms with Gasteiger partial charge in [-0.1, -0.05) is 12.1 Å². The predicted molar refractivity (Wildman–Crippen MR) is 87.9 cm³/mol. The lowest BCUT2D eigenvalue weighted by Gasteiger charge is -2.23. The summed E-state index contributed by atoms with van der Waals surface area (Å²) in [6.45, 7) is 0. The Bertz CT molecular complexity index is 932. The molecule has 1 unspecified atom stereocenters. The average molecular weight is 326 g/mol. The first-order valence-corrected chi connectivity index (χ1v) is 7.96. The van der Waals surface area contributed by atoms with E-state index in [9.17, 15) is 13.6 Å². The summed E-state index contributed by atoms with van der Waals surface area (Å²) in [6, 6.07) is 10.5.